The van der Waals surface area contributed by atoms with E-state index in [4.69, 9.17) is 22.9 Å². The summed E-state index contributed by atoms with van der Waals surface area (Å²) in [6, 6.07) is 0.813. The molecule has 42 heteroatoms. The number of hydrogen-bond acceptors (Lipinski definition) is 23. The molecule has 0 aliphatic carbocycles. The van der Waals surface area contributed by atoms with Gasteiger partial charge in [0.05, 0.1) is 42.9 Å². The first kappa shape index (κ1) is 105. The number of aromatic nitrogens is 4. The zero-order valence-corrected chi connectivity index (χ0v) is 77.9. The molecule has 6 heterocycles. The average Bonchev–Trinajstić information content (AvgIpc) is 1.61. The van der Waals surface area contributed by atoms with E-state index in [9.17, 15) is 53.4 Å². The van der Waals surface area contributed by atoms with E-state index in [0.717, 1.165) is 26.5 Å². The van der Waals surface area contributed by atoms with Crippen LogP contribution in [0.3, 0.4) is 0 Å². The van der Waals surface area contributed by atoms with Gasteiger partial charge in [-0.25, -0.2) is 4.98 Å². The molecule has 6 aromatic rings. The molecule has 3 saturated heterocycles. The molecule has 0 spiro atoms. The number of carbonyl (C=O) groups is 17. The fraction of sp³-hybridized carbons (Fsp3) is 0.543. The molecule has 3 aliphatic heterocycles. The number of primary amides is 2. The van der Waals surface area contributed by atoms with Crippen molar-refractivity contribution in [2.75, 3.05) is 65.4 Å². The molecule has 728 valence electrons. The van der Waals surface area contributed by atoms with Gasteiger partial charge in [0.25, 0.3) is 0 Å². The van der Waals surface area contributed by atoms with Gasteiger partial charge in [0.15, 0.2) is 5.78 Å². The molecule has 9 rings (SSSR count). The second kappa shape index (κ2) is 50.3. The van der Waals surface area contributed by atoms with Gasteiger partial charge in [-0.05, 0) is 125 Å². The van der Waals surface area contributed by atoms with Crippen LogP contribution in [0.15, 0.2) is 97.7 Å². The molecular formula is C92H130N22O19S. The number of benzene rings is 3. The molecule has 0 bridgehead atoms. The summed E-state index contributed by atoms with van der Waals surface area (Å²) in [4.78, 5) is 270. The maximum absolute atomic E-state index is 15.8. The Morgan fingerprint density at radius 2 is 1.12 bits per heavy atom. The number of carbonyl (C=O) groups excluding carboxylic acids is 17. The highest BCUT2D eigenvalue weighted by Gasteiger charge is 2.47. The van der Waals surface area contributed by atoms with Crippen molar-refractivity contribution in [3.63, 3.8) is 0 Å². The smallest absolute Gasteiger partial charge is 0.246 e. The molecule has 3 aliphatic rings. The maximum atomic E-state index is 15.8. The molecular weight excluding hydrogens is 1750 g/mol. The number of nitrogens with zero attached hydrogens (tertiary/aromatic N) is 6. The Hall–Kier alpha value is -12.8. The number of H-pyrrole nitrogens is 3. The number of likely N-dealkylation sites (N-methyl/N-ethyl adjacent to an activating group) is 3. The number of ketones is 1. The maximum Gasteiger partial charge on any atom is 0.246 e. The van der Waals surface area contributed by atoms with E-state index in [1.165, 1.54) is 74.7 Å². The number of nitrogens with one attached hydrogen (secondary N) is 12. The second-order valence-corrected chi connectivity index (χ2v) is 36.1. The van der Waals surface area contributed by atoms with Gasteiger partial charge < -0.3 is 120 Å². The quantitative estimate of drug-likeness (QED) is 0.0309. The Bertz CT molecular complexity index is 5130. The van der Waals surface area contributed by atoms with E-state index in [1.54, 1.807) is 50.5 Å². The highest BCUT2D eigenvalue weighted by molar-refractivity contribution is 8.00. The Morgan fingerprint density at radius 1 is 0.552 bits per heavy atom. The SMILES string of the molecule is CCCC[C@H]1C(=O)N(C)[C@@H](CCCC)C(=O)N[C@@H](CCCN)C(=O)N[C@H](C(=O)NCC(N)=O)CSCC(=O)N[C@@H](Cc2ccc(O)cc2)C(=O)N(C)[C@@H](C)C(=O)N[C@@H](CC(N)=O)C(=O)N2CCC[C@H]2C(=O)N[C@@H](Cc2c[nH]cn2)C(=O)N[C@@H](CC(C)C)C(=O)N2C[C@H](O)C[C@H]2C(=O)C[C@@H](Cc2c[nH]c3ccccc23)C(=O)N[C@@H](CCN)C(=O)N[C@@H](Cc2c[nH]c3ccccc23)C(=O)N1C. The molecule has 3 fully saturated rings. The first-order chi connectivity index (χ1) is 63.9. The Labute approximate surface area is 781 Å². The van der Waals surface area contributed by atoms with E-state index >= 15 is 38.4 Å². The van der Waals surface area contributed by atoms with Crippen LogP contribution in [0.1, 0.15) is 153 Å². The topological polar surface area (TPSA) is 619 Å². The van der Waals surface area contributed by atoms with E-state index in [-0.39, 0.29) is 120 Å². The average molecular weight is 1880 g/mol. The number of fused-ring (bicyclic) bond motifs is 4. The van der Waals surface area contributed by atoms with Crippen LogP contribution >= 0.6 is 11.8 Å². The van der Waals surface area contributed by atoms with Crippen LogP contribution in [0.2, 0.25) is 0 Å². The summed E-state index contributed by atoms with van der Waals surface area (Å²) in [5, 5.41) is 47.4. The van der Waals surface area contributed by atoms with Crippen molar-refractivity contribution in [1.82, 2.24) is 92.3 Å². The van der Waals surface area contributed by atoms with Gasteiger partial charge in [-0.1, -0.05) is 102 Å². The molecule has 0 unspecified atom stereocenters. The normalized spacial score (nSPS) is 25.0. The number of Topliss-reactive ketones (excluding diaryl/α,β-unsaturated/α-hetero) is 1. The minimum atomic E-state index is -1.77. The Balaban J connectivity index is 1.10. The third-order valence-corrected chi connectivity index (χ3v) is 25.6. The van der Waals surface area contributed by atoms with Gasteiger partial charge in [-0.2, -0.15) is 0 Å². The predicted molar refractivity (Wildman–Crippen MR) is 497 cm³/mol. The molecule has 0 saturated carbocycles. The van der Waals surface area contributed by atoms with Crippen molar-refractivity contribution in [2.24, 2.45) is 34.8 Å². The number of rotatable bonds is 26. The monoisotopic (exact) mass is 1880 g/mol. The Kier molecular flexibility index (Phi) is 39.4. The number of imidazole rings is 1. The number of thioether (sulfide) groups is 1. The fourth-order valence-electron chi connectivity index (χ4n) is 17.1. The third-order valence-electron chi connectivity index (χ3n) is 24.6. The van der Waals surface area contributed by atoms with Crippen LogP contribution in [-0.2, 0) is 107 Å². The predicted octanol–water partition coefficient (Wildman–Crippen LogP) is -1.01. The minimum Gasteiger partial charge on any atom is -0.508 e. The number of hydrogen-bond donors (Lipinski definition) is 18. The lowest BCUT2D eigenvalue weighted by Gasteiger charge is -2.36. The zero-order chi connectivity index (χ0) is 97.7. The van der Waals surface area contributed by atoms with Crippen LogP contribution in [0.25, 0.3) is 21.8 Å². The number of aliphatic hydroxyl groups excluding tert-OH is 1. The van der Waals surface area contributed by atoms with Crippen LogP contribution in [0.4, 0.5) is 0 Å². The summed E-state index contributed by atoms with van der Waals surface area (Å²) in [5.74, 6) is -17.6. The zero-order valence-electron chi connectivity index (χ0n) is 77.1. The highest BCUT2D eigenvalue weighted by atomic mass is 32.2. The van der Waals surface area contributed by atoms with Gasteiger partial charge in [0, 0.05) is 118 Å². The van der Waals surface area contributed by atoms with Crippen LogP contribution < -0.4 is 70.8 Å². The van der Waals surface area contributed by atoms with Gasteiger partial charge in [-0.15, -0.1) is 11.8 Å². The lowest BCUT2D eigenvalue weighted by atomic mass is 9.90. The Morgan fingerprint density at radius 3 is 1.74 bits per heavy atom. The van der Waals surface area contributed by atoms with Crippen LogP contribution in [0.5, 0.6) is 5.75 Å². The number of unbranched alkanes of at least 4 members (excludes halogenated alkanes) is 2. The number of aliphatic hydroxyl groups is 1. The summed E-state index contributed by atoms with van der Waals surface area (Å²) in [5.41, 5.74) is 26.7. The van der Waals surface area contributed by atoms with E-state index in [2.05, 4.69) is 67.8 Å². The van der Waals surface area contributed by atoms with E-state index in [1.807, 2.05) is 38.1 Å². The molecule has 3 aromatic carbocycles. The summed E-state index contributed by atoms with van der Waals surface area (Å²) in [7, 11) is 4.01. The number of aromatic amines is 3. The molecule has 16 amide bonds. The minimum absolute atomic E-state index is 0.00259. The number of aromatic hydroxyl groups is 1. The van der Waals surface area contributed by atoms with E-state index < -0.39 is 228 Å². The van der Waals surface area contributed by atoms with Crippen molar-refractivity contribution >= 4 is 134 Å². The van der Waals surface area contributed by atoms with Gasteiger partial charge >= 0.3 is 0 Å². The lowest BCUT2D eigenvalue weighted by molar-refractivity contribution is -0.149. The van der Waals surface area contributed by atoms with Crippen molar-refractivity contribution in [2.45, 2.75) is 241 Å². The molecule has 15 atom stereocenters. The van der Waals surface area contributed by atoms with Crippen molar-refractivity contribution in [1.29, 1.82) is 0 Å². The number of phenols is 1. The first-order valence-electron chi connectivity index (χ1n) is 45.7. The summed E-state index contributed by atoms with van der Waals surface area (Å²) in [6.45, 7) is 7.17. The highest BCUT2D eigenvalue weighted by Crippen LogP contribution is 2.30. The van der Waals surface area contributed by atoms with Crippen LogP contribution in [-0.4, -0.2) is 305 Å². The number of para-hydroxylation sites is 2. The van der Waals surface area contributed by atoms with E-state index in [0.29, 0.717) is 64.2 Å². The van der Waals surface area contributed by atoms with Gasteiger partial charge in [0.2, 0.25) is 94.5 Å². The first-order valence-corrected chi connectivity index (χ1v) is 46.8. The largest absolute Gasteiger partial charge is 0.508 e. The number of nitrogens with two attached hydrogens (primary N) is 4. The van der Waals surface area contributed by atoms with Gasteiger partial charge in [-0.3, -0.25) is 81.5 Å². The van der Waals surface area contributed by atoms with Crippen molar-refractivity contribution < 1.29 is 91.7 Å². The summed E-state index contributed by atoms with van der Waals surface area (Å²) < 4.78 is 0. The van der Waals surface area contributed by atoms with Crippen molar-refractivity contribution in [3.05, 3.63) is 120 Å². The summed E-state index contributed by atoms with van der Waals surface area (Å²) in [6.07, 6.45) is 4.02. The second-order valence-electron chi connectivity index (χ2n) is 35.1. The standard InChI is InChI=1S/C92H130N22O19S/c1-9-11-24-72-86(127)104-64(23-17-32-93)83(124)109-71(82(123)100-46-78(96)119)48-134-49-79(120)102-68(36-53-27-29-58(115)30-28-53)88(129)110(6)52(5)80(121)106-70(42-77(95)118)90(131)113-34-18-26-73(113)87(128)105-66(40-57-45-97-50-101-57)85(126)107-67(35-51(3)4)91(132)114-47-59(116)41-75(114)76(117)39-54(37-55-43-98-62-21-15-13-19-60(55)62)81(122)103-65(31-33-94)84(125)108-69(38-56-44-99-63-22-16-14-20-61(56)63)89(130)112(8)74(25-12-10-2)92(133)111(72)7/h13-16,19-22,27-30,43-45,50-52,54,59,64-75,98-99,115-116H,9-12,17-18,23-26,31-42,46-49,93-94H2,1-8H3,(H2,95,118)(H2,96,119)(H,97,101)(H,100,123)(H,102,120)(H,103,122)(H,104,127)(H,105,128)(H,106,121)(H,107,126)(H,108,125)(H,109,124)/t52-,54+,59+,64-,65-,66-,67-,68-,69-,70-,71-,72-,73-,74-,75-/m0/s1. The molecule has 0 radical (unpaired) electrons. The lowest BCUT2D eigenvalue weighted by Crippen LogP contribution is -2.60. The third kappa shape index (κ3) is 28.8. The summed E-state index contributed by atoms with van der Waals surface area (Å²) >= 11 is 0.789. The van der Waals surface area contributed by atoms with Gasteiger partial charge in [0.1, 0.15) is 78.3 Å². The molecule has 41 nitrogen and oxygen atoms in total. The molecule has 22 N–H and O–H groups in total. The molecule has 134 heavy (non-hydrogen) atoms. The van der Waals surface area contributed by atoms with Crippen LogP contribution in [0, 0.1) is 11.8 Å². The number of amides is 16. The fourth-order valence-corrected chi connectivity index (χ4v) is 18.0. The number of phenolic OH excluding ortho intramolecular Hbond substituents is 1. The van der Waals surface area contributed by atoms with Crippen molar-refractivity contribution in [3.8, 4) is 5.75 Å². The molecule has 3 aromatic heterocycles.